The van der Waals surface area contributed by atoms with E-state index in [9.17, 15) is 4.79 Å². The van der Waals surface area contributed by atoms with E-state index in [1.54, 1.807) is 5.57 Å². The van der Waals surface area contributed by atoms with Crippen molar-refractivity contribution in [2.75, 3.05) is 39.3 Å². The Hall–Kier alpha value is -1.37. The number of hydrogen-bond acceptors (Lipinski definition) is 5. The topological polar surface area (TPSA) is 93.6 Å². The monoisotopic (exact) mass is 641 g/mol. The van der Waals surface area contributed by atoms with Crippen LogP contribution in [-0.4, -0.2) is 56.4 Å². The van der Waals surface area contributed by atoms with E-state index in [0.29, 0.717) is 30.3 Å². The van der Waals surface area contributed by atoms with Gasteiger partial charge in [0.15, 0.2) is 0 Å². The van der Waals surface area contributed by atoms with E-state index in [0.717, 1.165) is 101 Å². The second-order valence-electron chi connectivity index (χ2n) is 16.5. The first-order valence-corrected chi connectivity index (χ1v) is 19.5. The maximum atomic E-state index is 13.4. The molecule has 3 fully saturated rings. The number of hydrogen-bond donors (Lipinski definition) is 3. The van der Waals surface area contributed by atoms with Crippen molar-refractivity contribution in [3.63, 3.8) is 0 Å². The molecule has 3 saturated carbocycles. The van der Waals surface area contributed by atoms with Gasteiger partial charge in [0.1, 0.15) is 6.10 Å². The minimum absolute atomic E-state index is 0.00294. The van der Waals surface area contributed by atoms with Crippen LogP contribution in [0.25, 0.3) is 0 Å². The van der Waals surface area contributed by atoms with Gasteiger partial charge >= 0.3 is 6.09 Å². The molecule has 0 saturated heterocycles. The third-order valence-corrected chi connectivity index (χ3v) is 13.5. The van der Waals surface area contributed by atoms with Crippen LogP contribution in [0.4, 0.5) is 4.79 Å². The third-order valence-electron chi connectivity index (χ3n) is 13.5. The summed E-state index contributed by atoms with van der Waals surface area (Å²) < 4.78 is 6.25. The molecule has 4 aliphatic carbocycles. The Morgan fingerprint density at radius 2 is 1.72 bits per heavy atom. The highest BCUT2D eigenvalue weighted by Gasteiger charge is 2.59. The molecule has 0 aromatic rings. The lowest BCUT2D eigenvalue weighted by atomic mass is 9.47. The molecule has 6 nitrogen and oxygen atoms in total. The first-order valence-electron chi connectivity index (χ1n) is 19.5. The van der Waals surface area contributed by atoms with Crippen molar-refractivity contribution in [3.8, 4) is 0 Å². The lowest BCUT2D eigenvalue weighted by molar-refractivity contribution is -0.0563. The zero-order chi connectivity index (χ0) is 33.3. The van der Waals surface area contributed by atoms with Gasteiger partial charge in [0.05, 0.1) is 0 Å². The van der Waals surface area contributed by atoms with Gasteiger partial charge in [-0.1, -0.05) is 65.3 Å². The number of rotatable bonds is 17. The van der Waals surface area contributed by atoms with E-state index in [2.05, 4.69) is 65.1 Å². The summed E-state index contributed by atoms with van der Waals surface area (Å²) >= 11 is 0. The zero-order valence-corrected chi connectivity index (χ0v) is 30.7. The normalized spacial score (nSPS) is 33.7. The fourth-order valence-corrected chi connectivity index (χ4v) is 10.6. The molecule has 0 aromatic heterocycles. The lowest BCUT2D eigenvalue weighted by Gasteiger charge is -2.58. The van der Waals surface area contributed by atoms with Crippen molar-refractivity contribution < 1.29 is 9.53 Å². The number of unbranched alkanes of at least 4 members (excludes halogenated alkanes) is 1. The fraction of sp³-hybridized carbons (Fsp3) is 0.875. The Bertz CT molecular complexity index is 1010. The van der Waals surface area contributed by atoms with Gasteiger partial charge in [0, 0.05) is 19.5 Å². The number of allylic oxidation sites excluding steroid dienone is 3. The van der Waals surface area contributed by atoms with Crippen LogP contribution in [0.5, 0.6) is 0 Å². The number of nitrogens with two attached hydrogens (primary N) is 2. The third kappa shape index (κ3) is 8.61. The summed E-state index contributed by atoms with van der Waals surface area (Å²) in [5.74, 6) is 5.32. The number of nitrogens with one attached hydrogen (secondary N) is 1. The lowest BCUT2D eigenvalue weighted by Crippen LogP contribution is -2.51. The molecule has 0 bridgehead atoms. The van der Waals surface area contributed by atoms with Crippen LogP contribution in [0.15, 0.2) is 23.8 Å². The van der Waals surface area contributed by atoms with Crippen LogP contribution in [-0.2, 0) is 4.74 Å². The fourth-order valence-electron chi connectivity index (χ4n) is 10.6. The first-order chi connectivity index (χ1) is 22.1. The summed E-state index contributed by atoms with van der Waals surface area (Å²) in [7, 11) is 0. The van der Waals surface area contributed by atoms with Gasteiger partial charge in [-0.3, -0.25) is 0 Å². The van der Waals surface area contributed by atoms with Gasteiger partial charge in [0.25, 0.3) is 0 Å². The van der Waals surface area contributed by atoms with Gasteiger partial charge in [-0.05, 0) is 155 Å². The van der Waals surface area contributed by atoms with Crippen molar-refractivity contribution in [2.24, 2.45) is 63.7 Å². The van der Waals surface area contributed by atoms with Crippen molar-refractivity contribution in [1.29, 1.82) is 0 Å². The van der Waals surface area contributed by atoms with E-state index in [1.807, 2.05) is 4.90 Å². The van der Waals surface area contributed by atoms with Crippen LogP contribution in [0.2, 0.25) is 0 Å². The van der Waals surface area contributed by atoms with Gasteiger partial charge < -0.3 is 26.4 Å². The predicted molar refractivity (Wildman–Crippen MR) is 193 cm³/mol. The van der Waals surface area contributed by atoms with Gasteiger partial charge in [-0.2, -0.15) is 0 Å². The second kappa shape index (κ2) is 17.3. The van der Waals surface area contributed by atoms with E-state index in [1.165, 1.54) is 38.5 Å². The SMILES string of the molecule is CC[C@H](/C=C/[C@@H](C)[C@H]1CC[C@H]2C3CC=C4C[C@@H](OC(=O)N(CCCN)CCCCNCCCN)CC[C@]4(C)[C@H]3CC[C@]12C)C(C)C. The predicted octanol–water partition coefficient (Wildman–Crippen LogP) is 8.31. The van der Waals surface area contributed by atoms with Gasteiger partial charge in [-0.15, -0.1) is 0 Å². The number of nitrogens with zero attached hydrogens (tertiary/aromatic N) is 1. The maximum Gasteiger partial charge on any atom is 0.410 e. The highest BCUT2D eigenvalue weighted by Crippen LogP contribution is 2.67. The average molecular weight is 641 g/mol. The summed E-state index contributed by atoms with van der Waals surface area (Å²) in [6.45, 7) is 19.5. The van der Waals surface area contributed by atoms with Crippen molar-refractivity contribution in [1.82, 2.24) is 10.2 Å². The smallest absolute Gasteiger partial charge is 0.410 e. The summed E-state index contributed by atoms with van der Waals surface area (Å²) in [5.41, 5.74) is 13.7. The molecule has 0 aliphatic heterocycles. The van der Waals surface area contributed by atoms with Gasteiger partial charge in [0.2, 0.25) is 0 Å². The molecule has 4 aliphatic rings. The summed E-state index contributed by atoms with van der Waals surface area (Å²) in [4.78, 5) is 15.3. The van der Waals surface area contributed by atoms with Crippen molar-refractivity contribution in [3.05, 3.63) is 23.8 Å². The molecule has 0 aromatic carbocycles. The van der Waals surface area contributed by atoms with E-state index in [4.69, 9.17) is 16.2 Å². The molecule has 0 heterocycles. The Kier molecular flexibility index (Phi) is 14.1. The molecular formula is C40H72N4O2. The minimum Gasteiger partial charge on any atom is -0.446 e. The average Bonchev–Trinajstić information content (AvgIpc) is 3.39. The van der Waals surface area contributed by atoms with Crippen LogP contribution in [0.1, 0.15) is 125 Å². The van der Waals surface area contributed by atoms with Crippen molar-refractivity contribution >= 4 is 6.09 Å². The van der Waals surface area contributed by atoms with Gasteiger partial charge in [-0.25, -0.2) is 4.79 Å². The standard InChI is InChI=1S/C40H72N4O2/c1-7-31(29(2)3)13-12-30(4)35-16-17-36-34-15-14-32-28-33(18-20-39(32,5)37(34)19-21-40(35,36)6)46-38(45)44(27-11-23-42)26-9-8-24-43-25-10-22-41/h12-14,29-31,33-37,43H,7-11,15-28,41-42H2,1-6H3/b13-12+/t30-,31-,33+,34?,35-,36+,37+,39+,40-/m1/s1. The first kappa shape index (κ1) is 37.4. The maximum absolute atomic E-state index is 13.4. The number of fused-ring (bicyclic) bond motifs is 5. The summed E-state index contributed by atoms with van der Waals surface area (Å²) in [6.07, 6.45) is 22.5. The minimum atomic E-state index is -0.139. The van der Waals surface area contributed by atoms with Crippen LogP contribution in [0, 0.1) is 52.3 Å². The molecule has 0 radical (unpaired) electrons. The molecular weight excluding hydrogens is 568 g/mol. The molecule has 46 heavy (non-hydrogen) atoms. The van der Waals surface area contributed by atoms with Crippen LogP contribution >= 0.6 is 0 Å². The van der Waals surface area contributed by atoms with E-state index in [-0.39, 0.29) is 17.6 Å². The second-order valence-corrected chi connectivity index (χ2v) is 16.5. The number of carbonyl (C=O) groups is 1. The zero-order valence-electron chi connectivity index (χ0n) is 30.7. The molecule has 5 N–H and O–H groups in total. The molecule has 9 atom stereocenters. The van der Waals surface area contributed by atoms with Crippen LogP contribution in [0.3, 0.4) is 0 Å². The number of carbonyl (C=O) groups excluding carboxylic acids is 1. The molecule has 1 unspecified atom stereocenters. The number of amides is 1. The molecule has 4 rings (SSSR count). The summed E-state index contributed by atoms with van der Waals surface area (Å²) in [5, 5.41) is 3.44. The number of ether oxygens (including phenoxy) is 1. The summed E-state index contributed by atoms with van der Waals surface area (Å²) in [6, 6.07) is 0. The highest BCUT2D eigenvalue weighted by molar-refractivity contribution is 5.67. The Labute approximate surface area is 283 Å². The van der Waals surface area contributed by atoms with Crippen LogP contribution < -0.4 is 16.8 Å². The molecule has 0 spiro atoms. The molecule has 6 heteroatoms. The Morgan fingerprint density at radius 1 is 0.978 bits per heavy atom. The molecule has 1 amide bonds. The largest absolute Gasteiger partial charge is 0.446 e. The van der Waals surface area contributed by atoms with E-state index >= 15 is 0 Å². The molecule has 264 valence electrons. The van der Waals surface area contributed by atoms with E-state index < -0.39 is 0 Å². The highest BCUT2D eigenvalue weighted by atomic mass is 16.6. The Balaban J connectivity index is 1.34. The quantitative estimate of drug-likeness (QED) is 0.110. The van der Waals surface area contributed by atoms with Crippen molar-refractivity contribution in [2.45, 2.75) is 131 Å². The Morgan fingerprint density at radius 3 is 2.43 bits per heavy atom.